The fraction of sp³-hybridized carbons (Fsp3) is 0.188. The first-order valence-electron chi connectivity index (χ1n) is 7.31. The Bertz CT molecular complexity index is 826. The van der Waals surface area contributed by atoms with Crippen LogP contribution in [-0.4, -0.2) is 35.1 Å². The summed E-state index contributed by atoms with van der Waals surface area (Å²) in [5, 5.41) is 22.6. The second-order valence-electron chi connectivity index (χ2n) is 5.07. The minimum Gasteiger partial charge on any atom is -0.454 e. The number of nitrogens with one attached hydrogen (secondary N) is 1. The fourth-order valence-electron chi connectivity index (χ4n) is 2.25. The van der Waals surface area contributed by atoms with Crippen molar-refractivity contribution in [3.05, 3.63) is 52.1 Å². The lowest BCUT2D eigenvalue weighted by atomic mass is 10.2. The van der Waals surface area contributed by atoms with Gasteiger partial charge in [-0.05, 0) is 24.3 Å². The van der Waals surface area contributed by atoms with Gasteiger partial charge in [0.05, 0.1) is 11.5 Å². The van der Waals surface area contributed by atoms with Gasteiger partial charge in [-0.2, -0.15) is 0 Å². The molecule has 1 heterocycles. The number of thioether (sulfide) groups is 1. The quantitative estimate of drug-likeness (QED) is 0.462. The number of carbonyl (C=O) groups is 1. The monoisotopic (exact) mass is 362 g/mol. The molecule has 0 saturated carbocycles. The molecule has 1 aliphatic rings. The zero-order valence-corrected chi connectivity index (χ0v) is 13.7. The number of nitro benzene ring substituents is 1. The third-order valence-corrected chi connectivity index (χ3v) is 4.31. The third kappa shape index (κ3) is 4.01. The summed E-state index contributed by atoms with van der Waals surface area (Å²) in [6.45, 7) is 0.0585. The number of aliphatic hydroxyl groups excluding tert-OH is 1. The number of fused-ring (bicyclic) bond motifs is 1. The lowest BCUT2D eigenvalue weighted by Gasteiger charge is -2.08. The van der Waals surface area contributed by atoms with Crippen molar-refractivity contribution in [1.82, 2.24) is 0 Å². The van der Waals surface area contributed by atoms with Gasteiger partial charge in [0.15, 0.2) is 11.5 Å². The SMILES string of the molecule is O=C(Nc1cc(SCCO)cc([N+](=O)[O-])c1)c1ccc2c(c1)OCO2. The highest BCUT2D eigenvalue weighted by atomic mass is 32.2. The highest BCUT2D eigenvalue weighted by Gasteiger charge is 2.17. The van der Waals surface area contributed by atoms with Gasteiger partial charge < -0.3 is 19.9 Å². The molecule has 0 aliphatic carbocycles. The molecular formula is C16H14N2O6S. The average molecular weight is 362 g/mol. The minimum absolute atomic E-state index is 0.0494. The molecular weight excluding hydrogens is 348 g/mol. The molecule has 2 aromatic rings. The molecule has 0 bridgehead atoms. The van der Waals surface area contributed by atoms with Crippen LogP contribution < -0.4 is 14.8 Å². The van der Waals surface area contributed by atoms with Crippen molar-refractivity contribution in [3.63, 3.8) is 0 Å². The van der Waals surface area contributed by atoms with E-state index in [1.54, 1.807) is 24.3 Å². The molecule has 0 radical (unpaired) electrons. The third-order valence-electron chi connectivity index (χ3n) is 3.35. The summed E-state index contributed by atoms with van der Waals surface area (Å²) in [4.78, 5) is 23.5. The summed E-state index contributed by atoms with van der Waals surface area (Å²) in [6.07, 6.45) is 0. The van der Waals surface area contributed by atoms with E-state index in [0.29, 0.717) is 33.4 Å². The van der Waals surface area contributed by atoms with Gasteiger partial charge in [0.25, 0.3) is 11.6 Å². The number of non-ortho nitro benzene ring substituents is 1. The number of aliphatic hydroxyl groups is 1. The molecule has 1 amide bonds. The Morgan fingerprint density at radius 2 is 2.04 bits per heavy atom. The summed E-state index contributed by atoms with van der Waals surface area (Å²) < 4.78 is 10.4. The van der Waals surface area contributed by atoms with E-state index in [-0.39, 0.29) is 19.1 Å². The first-order valence-corrected chi connectivity index (χ1v) is 8.29. The van der Waals surface area contributed by atoms with E-state index in [9.17, 15) is 14.9 Å². The molecule has 8 nitrogen and oxygen atoms in total. The lowest BCUT2D eigenvalue weighted by molar-refractivity contribution is -0.385. The van der Waals surface area contributed by atoms with Crippen molar-refractivity contribution >= 4 is 29.0 Å². The van der Waals surface area contributed by atoms with Gasteiger partial charge in [-0.25, -0.2) is 0 Å². The second-order valence-corrected chi connectivity index (χ2v) is 6.24. The van der Waals surface area contributed by atoms with Crippen molar-refractivity contribution in [2.24, 2.45) is 0 Å². The van der Waals surface area contributed by atoms with Crippen LogP contribution in [0.2, 0.25) is 0 Å². The van der Waals surface area contributed by atoms with Crippen LogP contribution in [0.5, 0.6) is 11.5 Å². The fourth-order valence-corrected chi connectivity index (χ4v) is 2.99. The standard InChI is InChI=1S/C16H14N2O6S/c19-3-4-25-13-7-11(6-12(8-13)18(21)22)17-16(20)10-1-2-14-15(5-10)24-9-23-14/h1-2,5-8,19H,3-4,9H2,(H,17,20). The van der Waals surface area contributed by atoms with E-state index in [0.717, 1.165) is 0 Å². The predicted molar refractivity (Wildman–Crippen MR) is 91.4 cm³/mol. The van der Waals surface area contributed by atoms with Crippen LogP contribution in [0.15, 0.2) is 41.3 Å². The molecule has 2 N–H and O–H groups in total. The van der Waals surface area contributed by atoms with Crippen LogP contribution >= 0.6 is 11.8 Å². The van der Waals surface area contributed by atoms with Gasteiger partial charge in [0, 0.05) is 34.0 Å². The zero-order chi connectivity index (χ0) is 17.8. The van der Waals surface area contributed by atoms with Crippen LogP contribution in [0.25, 0.3) is 0 Å². The number of carbonyl (C=O) groups excluding carboxylic acids is 1. The Balaban J connectivity index is 1.82. The summed E-state index contributed by atoms with van der Waals surface area (Å²) in [5.74, 6) is 1.02. The van der Waals surface area contributed by atoms with Crippen molar-refractivity contribution in [2.45, 2.75) is 4.90 Å². The minimum atomic E-state index is -0.529. The number of hydrogen-bond acceptors (Lipinski definition) is 7. The van der Waals surface area contributed by atoms with E-state index in [1.807, 2.05) is 0 Å². The van der Waals surface area contributed by atoms with E-state index in [1.165, 1.54) is 23.9 Å². The number of rotatable bonds is 6. The van der Waals surface area contributed by atoms with Gasteiger partial charge in [0.2, 0.25) is 6.79 Å². The van der Waals surface area contributed by atoms with Gasteiger partial charge in [-0.15, -0.1) is 11.8 Å². The predicted octanol–water partition coefficient (Wildman–Crippen LogP) is 2.66. The summed E-state index contributed by atoms with van der Waals surface area (Å²) >= 11 is 1.26. The van der Waals surface area contributed by atoms with Gasteiger partial charge in [-0.1, -0.05) is 0 Å². The number of nitrogens with zero attached hydrogens (tertiary/aromatic N) is 1. The Morgan fingerprint density at radius 3 is 2.80 bits per heavy atom. The molecule has 1 aliphatic heterocycles. The van der Waals surface area contributed by atoms with E-state index < -0.39 is 10.8 Å². The van der Waals surface area contributed by atoms with Crippen LogP contribution in [0.4, 0.5) is 11.4 Å². The maximum Gasteiger partial charge on any atom is 0.272 e. The van der Waals surface area contributed by atoms with Crippen LogP contribution in [0.1, 0.15) is 10.4 Å². The number of amides is 1. The Hall–Kier alpha value is -2.78. The molecule has 0 saturated heterocycles. The Morgan fingerprint density at radius 1 is 1.24 bits per heavy atom. The largest absolute Gasteiger partial charge is 0.454 e. The smallest absolute Gasteiger partial charge is 0.272 e. The van der Waals surface area contributed by atoms with E-state index in [2.05, 4.69) is 5.32 Å². The van der Waals surface area contributed by atoms with E-state index in [4.69, 9.17) is 14.6 Å². The van der Waals surface area contributed by atoms with Gasteiger partial charge in [0.1, 0.15) is 0 Å². The van der Waals surface area contributed by atoms with Crippen molar-refractivity contribution in [1.29, 1.82) is 0 Å². The Labute approximate surface area is 146 Å². The second kappa shape index (κ2) is 7.41. The van der Waals surface area contributed by atoms with Crippen molar-refractivity contribution < 1.29 is 24.3 Å². The van der Waals surface area contributed by atoms with Gasteiger partial charge in [-0.3, -0.25) is 14.9 Å². The maximum absolute atomic E-state index is 12.4. The van der Waals surface area contributed by atoms with Crippen molar-refractivity contribution in [3.8, 4) is 11.5 Å². The molecule has 9 heteroatoms. The lowest BCUT2D eigenvalue weighted by Crippen LogP contribution is -2.12. The number of nitro groups is 1. The first kappa shape index (κ1) is 17.1. The molecule has 0 unspecified atom stereocenters. The maximum atomic E-state index is 12.4. The summed E-state index contributed by atoms with van der Waals surface area (Å²) in [5.41, 5.74) is 0.515. The summed E-state index contributed by atoms with van der Waals surface area (Å²) in [6, 6.07) is 9.08. The molecule has 0 atom stereocenters. The highest BCUT2D eigenvalue weighted by Crippen LogP contribution is 2.33. The number of ether oxygens (including phenoxy) is 2. The average Bonchev–Trinajstić information content (AvgIpc) is 3.07. The molecule has 0 spiro atoms. The molecule has 3 rings (SSSR count). The number of benzene rings is 2. The number of anilines is 1. The molecule has 25 heavy (non-hydrogen) atoms. The molecule has 0 fully saturated rings. The van der Waals surface area contributed by atoms with Crippen molar-refractivity contribution in [2.75, 3.05) is 24.5 Å². The molecule has 2 aromatic carbocycles. The van der Waals surface area contributed by atoms with Crippen LogP contribution in [0, 0.1) is 10.1 Å². The van der Waals surface area contributed by atoms with Crippen LogP contribution in [0.3, 0.4) is 0 Å². The molecule has 130 valence electrons. The highest BCUT2D eigenvalue weighted by molar-refractivity contribution is 7.99. The van der Waals surface area contributed by atoms with Gasteiger partial charge >= 0.3 is 0 Å². The normalized spacial score (nSPS) is 12.0. The van der Waals surface area contributed by atoms with Crippen LogP contribution in [-0.2, 0) is 0 Å². The van der Waals surface area contributed by atoms with E-state index >= 15 is 0 Å². The first-order chi connectivity index (χ1) is 12.1. The zero-order valence-electron chi connectivity index (χ0n) is 12.9. The topological polar surface area (TPSA) is 111 Å². The number of hydrogen-bond donors (Lipinski definition) is 2. The Kier molecular flexibility index (Phi) is 5.05. The molecule has 0 aromatic heterocycles. The summed E-state index contributed by atoms with van der Waals surface area (Å²) in [7, 11) is 0.